The molecule has 236 valence electrons. The number of nitrogens with zero attached hydrogens (tertiary/aromatic N) is 1. The van der Waals surface area contributed by atoms with Crippen molar-refractivity contribution in [1.82, 2.24) is 0 Å². The molecule has 2 heteroatoms. The molecule has 0 N–H and O–H groups in total. The number of unbranched alkanes of at least 4 members (excludes halogenated alkanes) is 28. The zero-order valence-electron chi connectivity index (χ0n) is 28.0. The minimum Gasteiger partial charge on any atom is -1.00 e. The molecule has 0 fully saturated rings. The van der Waals surface area contributed by atoms with Gasteiger partial charge in [-0.3, -0.25) is 0 Å². The zero-order chi connectivity index (χ0) is 28.5. The van der Waals surface area contributed by atoms with Gasteiger partial charge in [-0.2, -0.15) is 4.48 Å². The molecular formula is C38H72ClN. The quantitative estimate of drug-likeness (QED) is 0.0493. The van der Waals surface area contributed by atoms with Crippen molar-refractivity contribution in [2.45, 2.75) is 206 Å². The fourth-order valence-electron chi connectivity index (χ4n) is 5.35. The van der Waals surface area contributed by atoms with Crippen molar-refractivity contribution in [1.29, 1.82) is 0 Å². The van der Waals surface area contributed by atoms with Crippen LogP contribution in [-0.4, -0.2) is 18.6 Å². The average Bonchev–Trinajstić information content (AvgIpc) is 2.92. The minimum atomic E-state index is 0. The maximum absolute atomic E-state index is 3.39. The van der Waals surface area contributed by atoms with Gasteiger partial charge in [0.25, 0.3) is 0 Å². The Hall–Kier alpha value is -0.630. The molecule has 0 spiro atoms. The van der Waals surface area contributed by atoms with Gasteiger partial charge in [0, 0.05) is 12.8 Å². The smallest absolute Gasteiger partial charge is 0.151 e. The van der Waals surface area contributed by atoms with Crippen LogP contribution in [0.5, 0.6) is 0 Å². The molecule has 0 aromatic carbocycles. The molecule has 0 atom stereocenters. The standard InChI is InChI=1S/C38H72N.ClH/c1-5-7-9-11-13-15-17-19-21-23-25-27-29-31-33-35-37-39(3,4)38-36-34-32-30-28-26-24-22-20-18-16-14-12-10-8-6-2;/h5-34H2,1-4H3;1H/q+1;/p-1. The number of hydrogen-bond donors (Lipinski definition) is 0. The summed E-state index contributed by atoms with van der Waals surface area (Å²) in [5, 5.41) is 0. The van der Waals surface area contributed by atoms with Crippen LogP contribution in [0.1, 0.15) is 206 Å². The molecule has 0 saturated carbocycles. The van der Waals surface area contributed by atoms with E-state index in [9.17, 15) is 0 Å². The third kappa shape index (κ3) is 35.4. The molecule has 0 radical (unpaired) electrons. The van der Waals surface area contributed by atoms with E-state index in [1.165, 1.54) is 180 Å². The summed E-state index contributed by atoms with van der Waals surface area (Å²) in [6, 6.07) is 6.74. The Morgan fingerprint density at radius 2 is 0.525 bits per heavy atom. The number of quaternary nitrogens is 1. The summed E-state index contributed by atoms with van der Waals surface area (Å²) in [6.07, 6.45) is 41.6. The molecule has 0 unspecified atom stereocenters. The van der Waals surface area contributed by atoms with Gasteiger partial charge >= 0.3 is 0 Å². The van der Waals surface area contributed by atoms with Gasteiger partial charge in [-0.1, -0.05) is 181 Å². The summed E-state index contributed by atoms with van der Waals surface area (Å²) < 4.78 is 0.525. The van der Waals surface area contributed by atoms with E-state index in [-0.39, 0.29) is 12.4 Å². The molecule has 0 amide bonds. The van der Waals surface area contributed by atoms with Crippen LogP contribution in [0.2, 0.25) is 0 Å². The molecule has 0 aliphatic carbocycles. The van der Waals surface area contributed by atoms with E-state index >= 15 is 0 Å². The highest BCUT2D eigenvalue weighted by Gasteiger charge is 2.06. The first-order chi connectivity index (χ1) is 19.1. The molecule has 0 aliphatic rings. The Labute approximate surface area is 260 Å². The monoisotopic (exact) mass is 578 g/mol. The van der Waals surface area contributed by atoms with E-state index in [0.717, 1.165) is 12.8 Å². The molecule has 0 saturated heterocycles. The summed E-state index contributed by atoms with van der Waals surface area (Å²) in [5.74, 6) is 6.79. The molecule has 0 aromatic rings. The summed E-state index contributed by atoms with van der Waals surface area (Å²) in [7, 11) is 4.24. The summed E-state index contributed by atoms with van der Waals surface area (Å²) in [6.45, 7) is 4.59. The second-order valence-corrected chi connectivity index (χ2v) is 12.7. The second-order valence-electron chi connectivity index (χ2n) is 12.7. The first-order valence-electron chi connectivity index (χ1n) is 18.0. The lowest BCUT2D eigenvalue weighted by Crippen LogP contribution is -3.00. The predicted molar refractivity (Wildman–Crippen MR) is 178 cm³/mol. The van der Waals surface area contributed by atoms with E-state index in [0.29, 0.717) is 4.48 Å². The highest BCUT2D eigenvalue weighted by atomic mass is 35.5. The topological polar surface area (TPSA) is 0 Å². The first kappa shape index (κ1) is 41.5. The lowest BCUT2D eigenvalue weighted by Gasteiger charge is -2.09. The van der Waals surface area contributed by atoms with E-state index < -0.39 is 0 Å². The van der Waals surface area contributed by atoms with Crippen LogP contribution in [0.4, 0.5) is 0 Å². The minimum absolute atomic E-state index is 0. The second kappa shape index (κ2) is 34.6. The molecule has 0 bridgehead atoms. The van der Waals surface area contributed by atoms with Crippen LogP contribution in [0.3, 0.4) is 0 Å². The molecular weight excluding hydrogens is 506 g/mol. The molecule has 0 heterocycles. The van der Waals surface area contributed by atoms with Crippen molar-refractivity contribution < 1.29 is 16.9 Å². The fraction of sp³-hybridized carbons (Fsp3) is 0.895. The Bertz CT molecular complexity index is 550. The Balaban J connectivity index is 0. The largest absolute Gasteiger partial charge is 1.00 e. The van der Waals surface area contributed by atoms with Crippen LogP contribution in [0, 0.1) is 23.9 Å². The van der Waals surface area contributed by atoms with E-state index in [1.807, 2.05) is 0 Å². The third-order valence-electron chi connectivity index (χ3n) is 8.03. The van der Waals surface area contributed by atoms with Gasteiger partial charge in [-0.25, -0.2) is 0 Å². The third-order valence-corrected chi connectivity index (χ3v) is 8.03. The van der Waals surface area contributed by atoms with Crippen molar-refractivity contribution in [3.05, 3.63) is 0 Å². The highest BCUT2D eigenvalue weighted by molar-refractivity contribution is 4.99. The van der Waals surface area contributed by atoms with Gasteiger partial charge < -0.3 is 12.4 Å². The van der Waals surface area contributed by atoms with Crippen molar-refractivity contribution in [2.75, 3.05) is 14.1 Å². The van der Waals surface area contributed by atoms with Gasteiger partial charge in [-0.05, 0) is 24.7 Å². The Morgan fingerprint density at radius 3 is 0.750 bits per heavy atom. The molecule has 0 aliphatic heterocycles. The maximum atomic E-state index is 3.39. The van der Waals surface area contributed by atoms with E-state index in [4.69, 9.17) is 0 Å². The lowest BCUT2D eigenvalue weighted by atomic mass is 10.0. The van der Waals surface area contributed by atoms with Gasteiger partial charge in [0.1, 0.15) is 0 Å². The predicted octanol–water partition coefficient (Wildman–Crippen LogP) is 9.73. The SMILES string of the molecule is CCCCCCCCCCCCCCCCC#C[N+](C)(C)C#CCCCCCCCCCCCCCCCC.[Cl-]. The van der Waals surface area contributed by atoms with Crippen LogP contribution in [-0.2, 0) is 0 Å². The van der Waals surface area contributed by atoms with Crippen LogP contribution in [0.25, 0.3) is 0 Å². The van der Waals surface area contributed by atoms with Crippen LogP contribution >= 0.6 is 0 Å². The van der Waals surface area contributed by atoms with E-state index in [1.54, 1.807) is 0 Å². The number of halogens is 1. The first-order valence-corrected chi connectivity index (χ1v) is 18.0. The number of hydrogen-bond acceptors (Lipinski definition) is 0. The zero-order valence-corrected chi connectivity index (χ0v) is 28.8. The van der Waals surface area contributed by atoms with Crippen molar-refractivity contribution in [3.8, 4) is 23.9 Å². The number of rotatable bonds is 28. The van der Waals surface area contributed by atoms with Gasteiger partial charge in [0.05, 0.1) is 14.1 Å². The summed E-state index contributed by atoms with van der Waals surface area (Å²) in [5.41, 5.74) is 0. The normalized spacial score (nSPS) is 10.9. The van der Waals surface area contributed by atoms with Crippen LogP contribution in [0.15, 0.2) is 0 Å². The fourth-order valence-corrected chi connectivity index (χ4v) is 5.35. The summed E-state index contributed by atoms with van der Waals surface area (Å²) in [4.78, 5) is 0. The summed E-state index contributed by atoms with van der Waals surface area (Å²) >= 11 is 0. The van der Waals surface area contributed by atoms with Gasteiger partial charge in [0.2, 0.25) is 0 Å². The maximum Gasteiger partial charge on any atom is 0.151 e. The highest BCUT2D eigenvalue weighted by Crippen LogP contribution is 2.14. The lowest BCUT2D eigenvalue weighted by molar-refractivity contribution is -0.749. The van der Waals surface area contributed by atoms with Crippen molar-refractivity contribution in [2.24, 2.45) is 0 Å². The average molecular weight is 578 g/mol. The van der Waals surface area contributed by atoms with Gasteiger partial charge in [0.15, 0.2) is 12.1 Å². The van der Waals surface area contributed by atoms with Crippen LogP contribution < -0.4 is 12.4 Å². The molecule has 0 rings (SSSR count). The van der Waals surface area contributed by atoms with Crippen molar-refractivity contribution in [3.63, 3.8) is 0 Å². The molecule has 1 nitrogen and oxygen atoms in total. The Morgan fingerprint density at radius 1 is 0.325 bits per heavy atom. The van der Waals surface area contributed by atoms with E-state index in [2.05, 4.69) is 51.9 Å². The molecule has 40 heavy (non-hydrogen) atoms. The molecule has 0 aromatic heterocycles. The Kier molecular flexibility index (Phi) is 35.9. The van der Waals surface area contributed by atoms with Gasteiger partial charge in [-0.15, -0.1) is 0 Å². The van der Waals surface area contributed by atoms with Crippen molar-refractivity contribution >= 4 is 0 Å².